The summed E-state index contributed by atoms with van der Waals surface area (Å²) in [5, 5.41) is 0. The first-order valence-electron chi connectivity index (χ1n) is 8.18. The summed E-state index contributed by atoms with van der Waals surface area (Å²) in [5.74, 6) is 0. The van der Waals surface area contributed by atoms with E-state index in [1.165, 1.54) is 6.07 Å². The summed E-state index contributed by atoms with van der Waals surface area (Å²) in [6.07, 6.45) is 9.05. The fourth-order valence-corrected chi connectivity index (χ4v) is 2.86. The Bertz CT molecular complexity index is 1170. The number of aryl methyl sites for hydroxylation is 1. The van der Waals surface area contributed by atoms with E-state index in [1.807, 2.05) is 61.7 Å². The Morgan fingerprint density at radius 1 is 1.12 bits per heavy atom. The number of nitrogen functional groups attached to an aromatic ring is 1. The van der Waals surface area contributed by atoms with Gasteiger partial charge in [0.1, 0.15) is 0 Å². The quantitative estimate of drug-likeness (QED) is 0.580. The van der Waals surface area contributed by atoms with Crippen LogP contribution in [0.1, 0.15) is 16.8 Å². The molecule has 26 heavy (non-hydrogen) atoms. The highest BCUT2D eigenvalue weighted by Gasteiger charge is 2.11. The Kier molecular flexibility index (Phi) is 3.85. The van der Waals surface area contributed by atoms with E-state index in [2.05, 4.69) is 9.97 Å². The van der Waals surface area contributed by atoms with Crippen LogP contribution in [0.15, 0.2) is 65.8 Å². The highest BCUT2D eigenvalue weighted by atomic mass is 16.1. The second-order valence-corrected chi connectivity index (χ2v) is 6.03. The van der Waals surface area contributed by atoms with Crippen molar-refractivity contribution in [3.05, 3.63) is 88.2 Å². The van der Waals surface area contributed by atoms with Gasteiger partial charge < -0.3 is 5.73 Å². The van der Waals surface area contributed by atoms with Crippen molar-refractivity contribution in [3.63, 3.8) is 0 Å². The fourth-order valence-electron chi connectivity index (χ4n) is 2.86. The topological polar surface area (TPSA) is 78.2 Å². The van der Waals surface area contributed by atoms with Gasteiger partial charge in [-0.3, -0.25) is 14.5 Å². The van der Waals surface area contributed by atoms with E-state index in [1.54, 1.807) is 21.6 Å². The maximum Gasteiger partial charge on any atom is 0.273 e. The molecule has 0 radical (unpaired) electrons. The molecule has 2 N–H and O–H groups in total. The van der Waals surface area contributed by atoms with E-state index in [4.69, 9.17) is 5.73 Å². The molecule has 1 aromatic carbocycles. The van der Waals surface area contributed by atoms with Crippen LogP contribution in [-0.4, -0.2) is 19.2 Å². The number of aromatic nitrogens is 4. The molecule has 128 valence electrons. The Morgan fingerprint density at radius 3 is 2.77 bits per heavy atom. The second-order valence-electron chi connectivity index (χ2n) is 6.03. The van der Waals surface area contributed by atoms with Crippen molar-refractivity contribution in [2.75, 3.05) is 5.73 Å². The van der Waals surface area contributed by atoms with Gasteiger partial charge in [-0.15, -0.1) is 0 Å². The lowest BCUT2D eigenvalue weighted by molar-refractivity contribution is 0.763. The maximum absolute atomic E-state index is 12.7. The summed E-state index contributed by atoms with van der Waals surface area (Å²) in [4.78, 5) is 21.4. The van der Waals surface area contributed by atoms with Gasteiger partial charge in [0.2, 0.25) is 0 Å². The molecule has 4 rings (SSSR count). The molecule has 4 aromatic rings. The number of hydrogen-bond donors (Lipinski definition) is 1. The average Bonchev–Trinajstić information content (AvgIpc) is 2.98. The van der Waals surface area contributed by atoms with Gasteiger partial charge in [0.05, 0.1) is 11.4 Å². The third-order valence-electron chi connectivity index (χ3n) is 4.07. The van der Waals surface area contributed by atoms with Gasteiger partial charge in [0, 0.05) is 35.9 Å². The number of rotatable bonds is 3. The Hall–Kier alpha value is -3.67. The third-order valence-corrected chi connectivity index (χ3v) is 4.07. The van der Waals surface area contributed by atoms with Crippen molar-refractivity contribution in [3.8, 4) is 5.69 Å². The molecule has 0 saturated heterocycles. The zero-order valence-electron chi connectivity index (χ0n) is 14.2. The first kappa shape index (κ1) is 15.8. The molecular formula is C20H17N5O. The van der Waals surface area contributed by atoms with Gasteiger partial charge in [-0.05, 0) is 42.8 Å². The van der Waals surface area contributed by atoms with Gasteiger partial charge in [0.15, 0.2) is 5.65 Å². The van der Waals surface area contributed by atoms with E-state index in [0.29, 0.717) is 17.0 Å². The predicted molar refractivity (Wildman–Crippen MR) is 103 cm³/mol. The van der Waals surface area contributed by atoms with Crippen molar-refractivity contribution < 1.29 is 0 Å². The summed E-state index contributed by atoms with van der Waals surface area (Å²) in [7, 11) is 0. The molecule has 3 heterocycles. The lowest BCUT2D eigenvalue weighted by Crippen LogP contribution is -2.20. The summed E-state index contributed by atoms with van der Waals surface area (Å²) < 4.78 is 3.32. The number of anilines is 1. The lowest BCUT2D eigenvalue weighted by Gasteiger charge is -2.07. The molecule has 0 fully saturated rings. The Morgan fingerprint density at radius 2 is 2.00 bits per heavy atom. The highest BCUT2D eigenvalue weighted by molar-refractivity contribution is 5.68. The normalized spacial score (nSPS) is 11.4. The van der Waals surface area contributed by atoms with Gasteiger partial charge in [-0.1, -0.05) is 18.2 Å². The van der Waals surface area contributed by atoms with E-state index < -0.39 is 0 Å². The molecular weight excluding hydrogens is 326 g/mol. The molecule has 0 aliphatic heterocycles. The zero-order valence-corrected chi connectivity index (χ0v) is 14.2. The summed E-state index contributed by atoms with van der Waals surface area (Å²) in [6.45, 7) is 1.93. The van der Waals surface area contributed by atoms with Crippen LogP contribution in [0.3, 0.4) is 0 Å². The highest BCUT2D eigenvalue weighted by Crippen LogP contribution is 2.16. The first-order chi connectivity index (χ1) is 12.6. The average molecular weight is 343 g/mol. The van der Waals surface area contributed by atoms with Crippen LogP contribution in [0.4, 0.5) is 5.69 Å². The molecule has 6 nitrogen and oxygen atoms in total. The maximum atomic E-state index is 12.7. The molecule has 0 amide bonds. The van der Waals surface area contributed by atoms with Gasteiger partial charge in [0.25, 0.3) is 5.56 Å². The van der Waals surface area contributed by atoms with Crippen LogP contribution in [-0.2, 0) is 0 Å². The minimum absolute atomic E-state index is 0.156. The minimum atomic E-state index is -0.156. The van der Waals surface area contributed by atoms with Crippen molar-refractivity contribution >= 4 is 23.5 Å². The predicted octanol–water partition coefficient (Wildman–Crippen LogP) is 2.94. The van der Waals surface area contributed by atoms with Gasteiger partial charge >= 0.3 is 0 Å². The molecule has 0 bridgehead atoms. The zero-order chi connectivity index (χ0) is 18.1. The number of pyridine rings is 1. The number of benzene rings is 1. The molecule has 0 saturated carbocycles. The largest absolute Gasteiger partial charge is 0.399 e. The Balaban J connectivity index is 1.83. The minimum Gasteiger partial charge on any atom is -0.399 e. The SMILES string of the molecule is Cc1cn(-c2cccc(N)c2)n2c(=O)cc(C=Cc3cccnc3)nc12. The molecule has 3 aromatic heterocycles. The monoisotopic (exact) mass is 343 g/mol. The molecule has 0 spiro atoms. The van der Waals surface area contributed by atoms with Crippen LogP contribution in [0, 0.1) is 6.92 Å². The van der Waals surface area contributed by atoms with Crippen LogP contribution < -0.4 is 11.3 Å². The van der Waals surface area contributed by atoms with Crippen LogP contribution >= 0.6 is 0 Å². The van der Waals surface area contributed by atoms with Crippen molar-refractivity contribution in [2.24, 2.45) is 0 Å². The second kappa shape index (κ2) is 6.33. The number of nitrogens with two attached hydrogens (primary N) is 1. The molecule has 6 heteroatoms. The smallest absolute Gasteiger partial charge is 0.273 e. The van der Waals surface area contributed by atoms with E-state index in [0.717, 1.165) is 16.8 Å². The van der Waals surface area contributed by atoms with E-state index in [9.17, 15) is 4.79 Å². The number of fused-ring (bicyclic) bond motifs is 1. The summed E-state index contributed by atoms with van der Waals surface area (Å²) >= 11 is 0. The van der Waals surface area contributed by atoms with Gasteiger partial charge in [-0.25, -0.2) is 4.98 Å². The van der Waals surface area contributed by atoms with Crippen molar-refractivity contribution in [1.82, 2.24) is 19.2 Å². The fraction of sp³-hybridized carbons (Fsp3) is 0.0500. The van der Waals surface area contributed by atoms with Crippen LogP contribution in [0.2, 0.25) is 0 Å². The van der Waals surface area contributed by atoms with E-state index >= 15 is 0 Å². The van der Waals surface area contributed by atoms with Gasteiger partial charge in [-0.2, -0.15) is 4.52 Å². The van der Waals surface area contributed by atoms with Crippen molar-refractivity contribution in [1.29, 1.82) is 0 Å². The van der Waals surface area contributed by atoms with Crippen molar-refractivity contribution in [2.45, 2.75) is 6.92 Å². The van der Waals surface area contributed by atoms with E-state index in [-0.39, 0.29) is 5.56 Å². The first-order valence-corrected chi connectivity index (χ1v) is 8.18. The molecule has 0 unspecified atom stereocenters. The molecule has 0 atom stereocenters. The third kappa shape index (κ3) is 2.88. The van der Waals surface area contributed by atoms with Crippen LogP contribution in [0.25, 0.3) is 23.5 Å². The standard InChI is InChI=1S/C20H17N5O/c1-14-13-24(18-6-2-5-16(21)10-18)25-19(26)11-17(23-20(14)25)8-7-15-4-3-9-22-12-15/h2-13H,21H2,1H3. The Labute approximate surface area is 149 Å². The molecule has 0 aliphatic carbocycles. The lowest BCUT2D eigenvalue weighted by atomic mass is 10.2. The van der Waals surface area contributed by atoms with Crippen LogP contribution in [0.5, 0.6) is 0 Å². The number of hydrogen-bond acceptors (Lipinski definition) is 4. The summed E-state index contributed by atoms with van der Waals surface area (Å²) in [5.41, 5.74) is 10.2. The summed E-state index contributed by atoms with van der Waals surface area (Å²) in [6, 6.07) is 12.7. The number of nitrogens with zero attached hydrogens (tertiary/aromatic N) is 4. The molecule has 0 aliphatic rings.